The maximum atomic E-state index is 13.2. The number of alkyl carbamates (subject to hydrolysis) is 1. The maximum Gasteiger partial charge on any atom is 0.407 e. The minimum absolute atomic E-state index is 0.00821. The van der Waals surface area contributed by atoms with Crippen molar-refractivity contribution in [2.75, 3.05) is 13.2 Å². The summed E-state index contributed by atoms with van der Waals surface area (Å²) in [5.74, 6) is -3.40. The first kappa shape index (κ1) is 16.5. The van der Waals surface area contributed by atoms with Gasteiger partial charge >= 0.3 is 12.1 Å². The molecule has 7 heteroatoms. The molecule has 1 atom stereocenters. The molecule has 114 valence electrons. The van der Waals surface area contributed by atoms with E-state index in [0.29, 0.717) is 5.56 Å². The van der Waals surface area contributed by atoms with Crippen molar-refractivity contribution in [1.82, 2.24) is 5.32 Å². The zero-order valence-corrected chi connectivity index (χ0v) is 11.2. The maximum absolute atomic E-state index is 13.2. The van der Waals surface area contributed by atoms with Gasteiger partial charge in [0.25, 0.3) is 0 Å². The second-order valence-corrected chi connectivity index (χ2v) is 4.29. The predicted octanol–water partition coefficient (Wildman–Crippen LogP) is 1.69. The molecule has 21 heavy (non-hydrogen) atoms. The van der Waals surface area contributed by atoms with Crippen LogP contribution in [0.1, 0.15) is 5.56 Å². The van der Waals surface area contributed by atoms with Crippen molar-refractivity contribution in [3.05, 3.63) is 42.2 Å². The van der Waals surface area contributed by atoms with Gasteiger partial charge in [0.05, 0.1) is 5.92 Å². The van der Waals surface area contributed by atoms with E-state index >= 15 is 0 Å². The molecule has 1 amide bonds. The Morgan fingerprint density at radius 1 is 1.48 bits per heavy atom. The molecule has 3 N–H and O–H groups in total. The Bertz CT molecular complexity index is 532. The van der Waals surface area contributed by atoms with Crippen LogP contribution in [0.3, 0.4) is 0 Å². The monoisotopic (exact) mass is 297 g/mol. The molecular formula is C14H16FNO5. The van der Waals surface area contributed by atoms with Crippen LogP contribution >= 0.6 is 0 Å². The van der Waals surface area contributed by atoms with Gasteiger partial charge in [0.2, 0.25) is 0 Å². The Kier molecular flexibility index (Phi) is 6.19. The lowest BCUT2D eigenvalue weighted by atomic mass is 9.99. The second-order valence-electron chi connectivity index (χ2n) is 4.29. The third-order valence-electron chi connectivity index (χ3n) is 2.67. The van der Waals surface area contributed by atoms with Crippen LogP contribution in [-0.4, -0.2) is 35.4 Å². The van der Waals surface area contributed by atoms with Crippen molar-refractivity contribution in [3.63, 3.8) is 0 Å². The fraction of sp³-hybridized carbons (Fsp3) is 0.286. The summed E-state index contributed by atoms with van der Waals surface area (Å²) in [6.45, 7) is 3.23. The molecule has 0 radical (unpaired) electrons. The van der Waals surface area contributed by atoms with E-state index in [9.17, 15) is 14.0 Å². The molecule has 1 rings (SSSR count). The fourth-order valence-corrected chi connectivity index (χ4v) is 1.60. The quantitative estimate of drug-likeness (QED) is 0.666. The number of amides is 1. The highest BCUT2D eigenvalue weighted by atomic mass is 19.1. The van der Waals surface area contributed by atoms with Crippen LogP contribution in [0.25, 0.3) is 0 Å². The lowest BCUT2D eigenvalue weighted by Crippen LogP contribution is -2.34. The molecule has 0 aliphatic carbocycles. The third-order valence-corrected chi connectivity index (χ3v) is 2.67. The van der Waals surface area contributed by atoms with Gasteiger partial charge in [0.1, 0.15) is 6.61 Å². The minimum atomic E-state index is -1.13. The SMILES string of the molecule is C=CCOC(=O)NCC(Cc1ccc(O)c(F)c1)C(=O)O. The molecule has 1 unspecified atom stereocenters. The molecular weight excluding hydrogens is 281 g/mol. The molecule has 0 bridgehead atoms. The summed E-state index contributed by atoms with van der Waals surface area (Å²) in [5.41, 5.74) is 0.402. The summed E-state index contributed by atoms with van der Waals surface area (Å²) in [6, 6.07) is 3.63. The van der Waals surface area contributed by atoms with Crippen LogP contribution in [-0.2, 0) is 16.0 Å². The molecule has 1 aromatic rings. The molecule has 0 aromatic heterocycles. The van der Waals surface area contributed by atoms with Crippen LogP contribution < -0.4 is 5.32 Å². The van der Waals surface area contributed by atoms with E-state index in [0.717, 1.165) is 12.1 Å². The van der Waals surface area contributed by atoms with Crippen LogP contribution in [0.15, 0.2) is 30.9 Å². The van der Waals surface area contributed by atoms with E-state index in [-0.39, 0.29) is 19.6 Å². The van der Waals surface area contributed by atoms with Gasteiger partial charge in [0.15, 0.2) is 11.6 Å². The van der Waals surface area contributed by atoms with E-state index in [4.69, 9.17) is 10.2 Å². The van der Waals surface area contributed by atoms with Crippen molar-refractivity contribution in [1.29, 1.82) is 0 Å². The smallest absolute Gasteiger partial charge is 0.407 e. The van der Waals surface area contributed by atoms with Gasteiger partial charge in [-0.2, -0.15) is 0 Å². The number of hydrogen-bond donors (Lipinski definition) is 3. The molecule has 0 saturated heterocycles. The highest BCUT2D eigenvalue weighted by Gasteiger charge is 2.20. The van der Waals surface area contributed by atoms with Gasteiger partial charge in [-0.3, -0.25) is 4.79 Å². The zero-order valence-electron chi connectivity index (χ0n) is 11.2. The first-order chi connectivity index (χ1) is 9.93. The highest BCUT2D eigenvalue weighted by molar-refractivity contribution is 5.73. The molecule has 6 nitrogen and oxygen atoms in total. The van der Waals surface area contributed by atoms with Crippen LogP contribution in [0.2, 0.25) is 0 Å². The van der Waals surface area contributed by atoms with Gasteiger partial charge in [-0.05, 0) is 24.1 Å². The number of rotatable bonds is 7. The summed E-state index contributed by atoms with van der Waals surface area (Å²) in [6.07, 6.45) is 0.639. The number of carboxylic acid groups (broad SMARTS) is 1. The van der Waals surface area contributed by atoms with Gasteiger partial charge in [-0.25, -0.2) is 9.18 Å². The van der Waals surface area contributed by atoms with Crippen LogP contribution in [0.5, 0.6) is 5.75 Å². The first-order valence-electron chi connectivity index (χ1n) is 6.15. The number of ether oxygens (including phenoxy) is 1. The number of nitrogens with one attached hydrogen (secondary N) is 1. The van der Waals surface area contributed by atoms with E-state index < -0.39 is 29.5 Å². The van der Waals surface area contributed by atoms with Crippen molar-refractivity contribution in [2.24, 2.45) is 5.92 Å². The largest absolute Gasteiger partial charge is 0.505 e. The number of phenols is 1. The lowest BCUT2D eigenvalue weighted by Gasteiger charge is -2.13. The number of aliphatic carboxylic acids is 1. The summed E-state index contributed by atoms with van der Waals surface area (Å²) >= 11 is 0. The molecule has 0 aliphatic heterocycles. The number of carbonyl (C=O) groups is 2. The lowest BCUT2D eigenvalue weighted by molar-refractivity contribution is -0.141. The van der Waals surface area contributed by atoms with Crippen LogP contribution in [0, 0.1) is 11.7 Å². The molecule has 0 heterocycles. The number of phenolic OH excluding ortho intramolecular Hbond substituents is 1. The van der Waals surface area contributed by atoms with Gasteiger partial charge in [0, 0.05) is 6.54 Å². The summed E-state index contributed by atoms with van der Waals surface area (Å²) in [4.78, 5) is 22.3. The normalized spacial score (nSPS) is 11.5. The van der Waals surface area contributed by atoms with E-state index in [1.54, 1.807) is 0 Å². The van der Waals surface area contributed by atoms with E-state index in [2.05, 4.69) is 16.6 Å². The summed E-state index contributed by atoms with van der Waals surface area (Å²) < 4.78 is 17.8. The molecule has 0 fully saturated rings. The average molecular weight is 297 g/mol. The number of carboxylic acids is 1. The Morgan fingerprint density at radius 3 is 2.76 bits per heavy atom. The first-order valence-corrected chi connectivity index (χ1v) is 6.15. The number of halogens is 1. The number of carbonyl (C=O) groups excluding carboxylic acids is 1. The van der Waals surface area contributed by atoms with Crippen LogP contribution in [0.4, 0.5) is 9.18 Å². The van der Waals surface area contributed by atoms with Crippen molar-refractivity contribution in [2.45, 2.75) is 6.42 Å². The molecule has 0 saturated carbocycles. The number of benzene rings is 1. The zero-order chi connectivity index (χ0) is 15.8. The molecule has 1 aromatic carbocycles. The number of aromatic hydroxyl groups is 1. The van der Waals surface area contributed by atoms with Crippen molar-refractivity contribution in [3.8, 4) is 5.75 Å². The second kappa shape index (κ2) is 7.88. The highest BCUT2D eigenvalue weighted by Crippen LogP contribution is 2.18. The Labute approximate surface area is 120 Å². The van der Waals surface area contributed by atoms with Gasteiger partial charge in [-0.1, -0.05) is 18.7 Å². The standard InChI is InChI=1S/C14H16FNO5/c1-2-5-21-14(20)16-8-10(13(18)19)6-9-3-4-12(17)11(15)7-9/h2-4,7,10,17H,1,5-6,8H2,(H,16,20)(H,18,19). The van der Waals surface area contributed by atoms with E-state index in [1.807, 2.05) is 0 Å². The fourth-order valence-electron chi connectivity index (χ4n) is 1.60. The van der Waals surface area contributed by atoms with Crippen molar-refractivity contribution < 1.29 is 28.9 Å². The topological polar surface area (TPSA) is 95.9 Å². The summed E-state index contributed by atoms with van der Waals surface area (Å²) in [5, 5.41) is 20.5. The van der Waals surface area contributed by atoms with Gasteiger partial charge < -0.3 is 20.3 Å². The number of hydrogen-bond acceptors (Lipinski definition) is 4. The Morgan fingerprint density at radius 2 is 2.19 bits per heavy atom. The third kappa shape index (κ3) is 5.52. The Hall–Kier alpha value is -2.57. The molecule has 0 aliphatic rings. The Balaban J connectivity index is 2.61. The van der Waals surface area contributed by atoms with E-state index in [1.165, 1.54) is 12.1 Å². The average Bonchev–Trinajstić information content (AvgIpc) is 2.44. The minimum Gasteiger partial charge on any atom is -0.505 e. The summed E-state index contributed by atoms with van der Waals surface area (Å²) in [7, 11) is 0. The van der Waals surface area contributed by atoms with Gasteiger partial charge in [-0.15, -0.1) is 0 Å². The predicted molar refractivity (Wildman–Crippen MR) is 72.4 cm³/mol. The molecule has 0 spiro atoms. The van der Waals surface area contributed by atoms with Crippen molar-refractivity contribution >= 4 is 12.1 Å².